The van der Waals surface area contributed by atoms with Crippen molar-refractivity contribution in [2.24, 2.45) is 17.3 Å². The van der Waals surface area contributed by atoms with Crippen molar-refractivity contribution >= 4 is 0 Å². The first kappa shape index (κ1) is 28.3. The van der Waals surface area contributed by atoms with Gasteiger partial charge in [-0.3, -0.25) is 4.90 Å². The fourth-order valence-corrected chi connectivity index (χ4v) is 9.29. The molecule has 0 bridgehead atoms. The van der Waals surface area contributed by atoms with Crippen LogP contribution in [0.15, 0.2) is 42.5 Å². The molecule has 42 heavy (non-hydrogen) atoms. The largest absolute Gasteiger partial charge is 0.492 e. The lowest BCUT2D eigenvalue weighted by atomic mass is 9.48. The number of hydrogen-bond acceptors (Lipinski definition) is 4. The van der Waals surface area contributed by atoms with Crippen molar-refractivity contribution in [3.05, 3.63) is 64.7 Å². The number of benzene rings is 2. The molecule has 0 amide bonds. The number of terminal acetylenes is 1. The molecule has 4 fully saturated rings. The molecule has 0 radical (unpaired) electrons. The highest BCUT2D eigenvalue weighted by molar-refractivity contribution is 5.45. The van der Waals surface area contributed by atoms with Gasteiger partial charge in [-0.05, 0) is 115 Å². The van der Waals surface area contributed by atoms with Crippen molar-refractivity contribution in [3.8, 4) is 18.1 Å². The average Bonchev–Trinajstić information content (AvgIpc) is 3.82. The van der Waals surface area contributed by atoms with E-state index in [2.05, 4.69) is 47.4 Å². The minimum Gasteiger partial charge on any atom is -0.492 e. The topological polar surface area (TPSA) is 41.9 Å². The molecule has 224 valence electrons. The quantitative estimate of drug-likeness (QED) is 0.382. The van der Waals surface area contributed by atoms with Gasteiger partial charge in [-0.15, -0.1) is 6.42 Å². The maximum Gasteiger partial charge on any atom is 0.336 e. The highest BCUT2D eigenvalue weighted by Gasteiger charge is 2.71. The number of aryl methyl sites for hydroxylation is 1. The van der Waals surface area contributed by atoms with E-state index in [1.807, 2.05) is 6.92 Å². The van der Waals surface area contributed by atoms with Gasteiger partial charge in [0.15, 0.2) is 0 Å². The summed E-state index contributed by atoms with van der Waals surface area (Å²) in [5, 5.41) is 11.7. The fraction of sp³-hybridized carbons (Fsp3) is 0.611. The summed E-state index contributed by atoms with van der Waals surface area (Å²) in [5.74, 6) is 0.114. The van der Waals surface area contributed by atoms with Crippen LogP contribution >= 0.6 is 0 Å². The van der Waals surface area contributed by atoms with E-state index in [1.54, 1.807) is 5.92 Å². The van der Waals surface area contributed by atoms with E-state index >= 15 is 8.78 Å². The van der Waals surface area contributed by atoms with Gasteiger partial charge in [0, 0.05) is 25.0 Å². The highest BCUT2D eigenvalue weighted by Crippen LogP contribution is 2.70. The molecular weight excluding hydrogens is 532 g/mol. The van der Waals surface area contributed by atoms with Crippen LogP contribution in [-0.4, -0.2) is 61.0 Å². The molecule has 7 rings (SSSR count). The maximum absolute atomic E-state index is 15.4. The monoisotopic (exact) mass is 575 g/mol. The van der Waals surface area contributed by atoms with Gasteiger partial charge in [-0.2, -0.15) is 8.78 Å². The second kappa shape index (κ2) is 10.6. The Labute approximate surface area is 248 Å². The Bertz CT molecular complexity index is 1340. The summed E-state index contributed by atoms with van der Waals surface area (Å²) in [5.41, 5.74) is 2.02. The normalized spacial score (nSPS) is 34.6. The van der Waals surface area contributed by atoms with Crippen molar-refractivity contribution in [1.29, 1.82) is 0 Å². The molecule has 1 N–H and O–H groups in total. The summed E-state index contributed by atoms with van der Waals surface area (Å²) >= 11 is 0. The third kappa shape index (κ3) is 4.59. The van der Waals surface area contributed by atoms with Crippen LogP contribution in [-0.2, 0) is 11.2 Å². The number of halogens is 2. The minimum atomic E-state index is -3.57. The maximum atomic E-state index is 15.4. The number of nitrogens with zero attached hydrogens (tertiary/aromatic N) is 1. The lowest BCUT2D eigenvalue weighted by Gasteiger charge is -2.57. The first-order valence-corrected chi connectivity index (χ1v) is 16.0. The Morgan fingerprint density at radius 1 is 1.07 bits per heavy atom. The van der Waals surface area contributed by atoms with Gasteiger partial charge in [0.2, 0.25) is 0 Å². The summed E-state index contributed by atoms with van der Waals surface area (Å²) in [6, 6.07) is 15.5. The van der Waals surface area contributed by atoms with E-state index in [1.165, 1.54) is 35.1 Å². The van der Waals surface area contributed by atoms with Crippen LogP contribution in [0.5, 0.6) is 5.75 Å². The number of alkyl halides is 2. The molecule has 2 unspecified atom stereocenters. The number of hydrogen-bond donors (Lipinski definition) is 1. The van der Waals surface area contributed by atoms with Crippen LogP contribution in [0, 0.1) is 29.6 Å². The first-order chi connectivity index (χ1) is 20.2. The fourth-order valence-electron chi connectivity index (χ4n) is 9.29. The zero-order valence-electron chi connectivity index (χ0n) is 24.7. The molecule has 0 spiro atoms. The van der Waals surface area contributed by atoms with Gasteiger partial charge >= 0.3 is 5.92 Å². The molecule has 1 heterocycles. The zero-order chi connectivity index (χ0) is 29.1. The molecule has 6 heteroatoms. The van der Waals surface area contributed by atoms with Crippen LogP contribution in [0.25, 0.3) is 0 Å². The summed E-state index contributed by atoms with van der Waals surface area (Å²) in [6.07, 6.45) is 10.8. The Morgan fingerprint density at radius 2 is 1.81 bits per heavy atom. The summed E-state index contributed by atoms with van der Waals surface area (Å²) in [7, 11) is 0. The predicted octanol–water partition coefficient (Wildman–Crippen LogP) is 6.52. The van der Waals surface area contributed by atoms with Gasteiger partial charge in [0.25, 0.3) is 0 Å². The molecule has 2 aromatic carbocycles. The minimum absolute atomic E-state index is 0.00805. The van der Waals surface area contributed by atoms with Crippen molar-refractivity contribution in [1.82, 2.24) is 4.90 Å². The standard InChI is InChI=1S/C36H43F2NO3/c1-3-36(37,38)35(40)15-14-32-30-12-10-27-22-28(42-21-18-39-16-19-41-20-17-39)11-13-29(27)33(30)31(23-34(32,35)2)26-8-6-25(7-9-26)24-4-5-24/h1,6-9,11,13,22,24,30-33,40H,4-5,10,12,14-21,23H2,2H3/t30-,31?,32-,33?,34-,35-/m0/s1. The molecule has 6 atom stereocenters. The molecule has 2 aromatic rings. The number of rotatable bonds is 7. The van der Waals surface area contributed by atoms with E-state index in [0.29, 0.717) is 25.4 Å². The third-order valence-electron chi connectivity index (χ3n) is 11.8. The van der Waals surface area contributed by atoms with Crippen LogP contribution in [0.4, 0.5) is 8.78 Å². The Morgan fingerprint density at radius 3 is 2.52 bits per heavy atom. The van der Waals surface area contributed by atoms with Gasteiger partial charge in [0.1, 0.15) is 18.0 Å². The van der Waals surface area contributed by atoms with Gasteiger partial charge < -0.3 is 14.6 Å². The third-order valence-corrected chi connectivity index (χ3v) is 11.8. The van der Waals surface area contributed by atoms with E-state index in [9.17, 15) is 5.11 Å². The molecular formula is C36H43F2NO3. The first-order valence-electron chi connectivity index (χ1n) is 16.0. The van der Waals surface area contributed by atoms with Crippen molar-refractivity contribution in [2.45, 2.75) is 81.1 Å². The van der Waals surface area contributed by atoms with E-state index in [-0.39, 0.29) is 30.1 Å². The lowest BCUT2D eigenvalue weighted by Crippen LogP contribution is -2.60. The number of ether oxygens (including phenoxy) is 2. The Kier molecular flexibility index (Phi) is 7.16. The van der Waals surface area contributed by atoms with Crippen molar-refractivity contribution in [2.75, 3.05) is 39.5 Å². The van der Waals surface area contributed by atoms with Gasteiger partial charge in [0.05, 0.1) is 13.2 Å². The SMILES string of the molecule is C#CC(F)(F)[C@]1(O)CC[C@H]2[C@@H]3CCc4cc(OCCN5CCOCC5)ccc4C3C(c3ccc(C4CC4)cc3)C[C@@]21C. The number of fused-ring (bicyclic) bond motifs is 5. The van der Waals surface area contributed by atoms with E-state index in [4.69, 9.17) is 15.9 Å². The van der Waals surface area contributed by atoms with Crippen molar-refractivity contribution in [3.63, 3.8) is 0 Å². The smallest absolute Gasteiger partial charge is 0.336 e. The molecule has 5 aliphatic rings. The van der Waals surface area contributed by atoms with Gasteiger partial charge in [-0.25, -0.2) is 0 Å². The Hall–Kier alpha value is -2.46. The van der Waals surface area contributed by atoms with Crippen LogP contribution in [0.3, 0.4) is 0 Å². The van der Waals surface area contributed by atoms with Gasteiger partial charge in [-0.1, -0.05) is 37.3 Å². The lowest BCUT2D eigenvalue weighted by molar-refractivity contribution is -0.214. The molecule has 1 saturated heterocycles. The van der Waals surface area contributed by atoms with Crippen LogP contribution < -0.4 is 4.74 Å². The highest BCUT2D eigenvalue weighted by atomic mass is 19.3. The average molecular weight is 576 g/mol. The number of aliphatic hydroxyl groups is 1. The number of morpholine rings is 1. The molecule has 1 aliphatic heterocycles. The van der Waals surface area contributed by atoms with E-state index in [0.717, 1.165) is 51.4 Å². The van der Waals surface area contributed by atoms with Crippen LogP contribution in [0.1, 0.15) is 85.5 Å². The second-order valence-electron chi connectivity index (χ2n) is 13.8. The molecule has 4 nitrogen and oxygen atoms in total. The molecule has 4 aliphatic carbocycles. The summed E-state index contributed by atoms with van der Waals surface area (Å²) < 4.78 is 42.4. The Balaban J connectivity index is 1.20. The predicted molar refractivity (Wildman–Crippen MR) is 159 cm³/mol. The zero-order valence-corrected chi connectivity index (χ0v) is 24.7. The van der Waals surface area contributed by atoms with Crippen LogP contribution in [0.2, 0.25) is 0 Å². The van der Waals surface area contributed by atoms with E-state index < -0.39 is 16.9 Å². The molecule has 3 saturated carbocycles. The second-order valence-corrected chi connectivity index (χ2v) is 13.8. The summed E-state index contributed by atoms with van der Waals surface area (Å²) in [4.78, 5) is 2.37. The molecule has 0 aromatic heterocycles. The van der Waals surface area contributed by atoms with Crippen molar-refractivity contribution < 1.29 is 23.4 Å². The summed E-state index contributed by atoms with van der Waals surface area (Å²) in [6.45, 7) is 6.88.